The van der Waals surface area contributed by atoms with Gasteiger partial charge in [-0.15, -0.1) is 0 Å². The average Bonchev–Trinajstić information content (AvgIpc) is 2.81. The maximum Gasteiger partial charge on any atom is 0.186 e. The first-order chi connectivity index (χ1) is 9.85. The third-order valence-corrected chi connectivity index (χ3v) is 5.99. The van der Waals surface area contributed by atoms with Crippen molar-refractivity contribution in [3.05, 3.63) is 10.6 Å². The van der Waals surface area contributed by atoms with Crippen molar-refractivity contribution in [1.29, 1.82) is 0 Å². The van der Waals surface area contributed by atoms with Crippen molar-refractivity contribution in [2.45, 2.75) is 45.6 Å². The first-order valence-corrected chi connectivity index (χ1v) is 8.62. The summed E-state index contributed by atoms with van der Waals surface area (Å²) in [5.41, 5.74) is 1.08. The number of nitrogens with zero attached hydrogens (tertiary/aromatic N) is 3. The predicted octanol–water partition coefficient (Wildman–Crippen LogP) is 2.83. The third-order valence-electron chi connectivity index (χ3n) is 4.76. The molecule has 1 aliphatic heterocycles. The summed E-state index contributed by atoms with van der Waals surface area (Å²) in [5, 5.41) is 1.03. The van der Waals surface area contributed by atoms with Gasteiger partial charge in [-0.3, -0.25) is 4.79 Å². The number of thiazole rings is 1. The van der Waals surface area contributed by atoms with Gasteiger partial charge in [0, 0.05) is 19.5 Å². The van der Waals surface area contributed by atoms with Gasteiger partial charge in [0.1, 0.15) is 0 Å². The first-order valence-electron chi connectivity index (χ1n) is 7.80. The molecule has 4 nitrogen and oxygen atoms in total. The molecular formula is C16H25N3OS. The molecule has 5 heteroatoms. The number of hydrogen-bond donors (Lipinski definition) is 0. The molecule has 0 radical (unpaired) electrons. The number of carbonyl (C=O) groups is 1. The lowest BCUT2D eigenvalue weighted by Gasteiger charge is -2.34. The number of anilines is 1. The highest BCUT2D eigenvalue weighted by Crippen LogP contribution is 2.39. The lowest BCUT2D eigenvalue weighted by Crippen LogP contribution is -2.41. The van der Waals surface area contributed by atoms with Crippen molar-refractivity contribution in [2.24, 2.45) is 5.41 Å². The molecule has 116 valence electrons. The van der Waals surface area contributed by atoms with E-state index in [1.54, 1.807) is 11.3 Å². The Labute approximate surface area is 131 Å². The second kappa shape index (κ2) is 5.36. The van der Waals surface area contributed by atoms with Crippen LogP contribution in [0.25, 0.3) is 0 Å². The summed E-state index contributed by atoms with van der Waals surface area (Å²) in [4.78, 5) is 22.7. The molecule has 0 N–H and O–H groups in total. The van der Waals surface area contributed by atoms with Crippen LogP contribution in [0.15, 0.2) is 0 Å². The molecular weight excluding hydrogens is 282 g/mol. The molecule has 1 fully saturated rings. The monoisotopic (exact) mass is 307 g/mol. The average molecular weight is 307 g/mol. The minimum atomic E-state index is 0.0571. The summed E-state index contributed by atoms with van der Waals surface area (Å²) in [7, 11) is 4.31. The molecule has 0 bridgehead atoms. The normalized spacial score (nSPS) is 23.1. The lowest BCUT2D eigenvalue weighted by molar-refractivity contribution is 0.0916. The number of ketones is 1. The number of piperidine rings is 1. The smallest absolute Gasteiger partial charge is 0.186 e. The van der Waals surface area contributed by atoms with E-state index in [4.69, 9.17) is 4.98 Å². The van der Waals surface area contributed by atoms with Crippen LogP contribution in [-0.4, -0.2) is 48.9 Å². The quantitative estimate of drug-likeness (QED) is 0.842. The van der Waals surface area contributed by atoms with E-state index in [2.05, 4.69) is 37.7 Å². The zero-order valence-electron chi connectivity index (χ0n) is 13.5. The van der Waals surface area contributed by atoms with E-state index >= 15 is 0 Å². The highest BCUT2D eigenvalue weighted by atomic mass is 32.1. The van der Waals surface area contributed by atoms with Crippen LogP contribution >= 0.6 is 11.3 Å². The molecule has 1 aromatic heterocycles. The van der Waals surface area contributed by atoms with Crippen LogP contribution in [0.2, 0.25) is 0 Å². The number of Topliss-reactive ketones (excluding diaryl/α,β-unsaturated/α-hetero) is 1. The number of carbonyl (C=O) groups excluding carboxylic acids is 1. The summed E-state index contributed by atoms with van der Waals surface area (Å²) in [6.07, 6.45) is 3.93. The van der Waals surface area contributed by atoms with Gasteiger partial charge in [-0.05, 0) is 44.8 Å². The molecule has 2 aliphatic rings. The maximum atomic E-state index is 12.3. The summed E-state index contributed by atoms with van der Waals surface area (Å²) >= 11 is 1.60. The van der Waals surface area contributed by atoms with Gasteiger partial charge < -0.3 is 9.80 Å². The fourth-order valence-electron chi connectivity index (χ4n) is 3.40. The highest BCUT2D eigenvalue weighted by molar-refractivity contribution is 7.17. The Bertz CT molecular complexity index is 544. The van der Waals surface area contributed by atoms with Gasteiger partial charge in [0.25, 0.3) is 0 Å². The van der Waals surface area contributed by atoms with E-state index in [0.29, 0.717) is 12.5 Å². The number of rotatable bonds is 2. The Morgan fingerprint density at radius 1 is 1.29 bits per heavy atom. The molecule has 0 unspecified atom stereocenters. The molecule has 0 aromatic carbocycles. The van der Waals surface area contributed by atoms with Gasteiger partial charge in [0.15, 0.2) is 10.9 Å². The van der Waals surface area contributed by atoms with E-state index in [1.807, 2.05) is 0 Å². The van der Waals surface area contributed by atoms with Crippen molar-refractivity contribution < 1.29 is 4.79 Å². The van der Waals surface area contributed by atoms with Crippen LogP contribution < -0.4 is 4.90 Å². The zero-order valence-corrected chi connectivity index (χ0v) is 14.3. The minimum absolute atomic E-state index is 0.0571. The van der Waals surface area contributed by atoms with Crippen molar-refractivity contribution in [3.63, 3.8) is 0 Å². The summed E-state index contributed by atoms with van der Waals surface area (Å²) in [6.45, 7) is 6.61. The number of hydrogen-bond acceptors (Lipinski definition) is 5. The van der Waals surface area contributed by atoms with E-state index in [9.17, 15) is 4.79 Å². The minimum Gasteiger partial charge on any atom is -0.348 e. The van der Waals surface area contributed by atoms with Crippen LogP contribution in [0.1, 0.15) is 48.5 Å². The second-order valence-corrected chi connectivity index (χ2v) is 8.34. The van der Waals surface area contributed by atoms with Crippen LogP contribution in [0.3, 0.4) is 0 Å². The molecule has 0 atom stereocenters. The number of fused-ring (bicyclic) bond motifs is 1. The zero-order chi connectivity index (χ0) is 15.2. The molecule has 1 saturated heterocycles. The Balaban J connectivity index is 1.80. The molecule has 0 amide bonds. The Morgan fingerprint density at radius 2 is 1.95 bits per heavy atom. The standard InChI is InChI=1S/C16H25N3OS/c1-16(2)9-12-14(13(20)10-16)21-15(17-12)19(4)11-5-7-18(3)8-6-11/h11H,5-10H2,1-4H3. The fraction of sp³-hybridized carbons (Fsp3) is 0.750. The van der Waals surface area contributed by atoms with E-state index in [1.165, 1.54) is 12.8 Å². The molecule has 0 spiro atoms. The van der Waals surface area contributed by atoms with E-state index < -0.39 is 0 Å². The molecule has 21 heavy (non-hydrogen) atoms. The largest absolute Gasteiger partial charge is 0.348 e. The maximum absolute atomic E-state index is 12.3. The molecule has 3 rings (SSSR count). The summed E-state index contributed by atoms with van der Waals surface area (Å²) in [6, 6.07) is 0.553. The third kappa shape index (κ3) is 2.99. The van der Waals surface area contributed by atoms with Crippen LogP contribution in [0.4, 0.5) is 5.13 Å². The van der Waals surface area contributed by atoms with Crippen LogP contribution in [0, 0.1) is 5.41 Å². The Kier molecular flexibility index (Phi) is 3.82. The Hall–Kier alpha value is -0.940. The topological polar surface area (TPSA) is 36.4 Å². The predicted molar refractivity (Wildman–Crippen MR) is 87.5 cm³/mol. The number of aromatic nitrogens is 1. The molecule has 2 heterocycles. The highest BCUT2D eigenvalue weighted by Gasteiger charge is 2.35. The fourth-order valence-corrected chi connectivity index (χ4v) is 4.45. The first kappa shape index (κ1) is 15.0. The van der Waals surface area contributed by atoms with Gasteiger partial charge in [-0.1, -0.05) is 25.2 Å². The molecule has 0 saturated carbocycles. The van der Waals surface area contributed by atoms with Crippen molar-refractivity contribution >= 4 is 22.3 Å². The molecule has 1 aromatic rings. The van der Waals surface area contributed by atoms with Crippen LogP contribution in [-0.2, 0) is 6.42 Å². The van der Waals surface area contributed by atoms with Gasteiger partial charge in [0.2, 0.25) is 0 Å². The summed E-state index contributed by atoms with van der Waals surface area (Å²) < 4.78 is 0. The van der Waals surface area contributed by atoms with E-state index in [-0.39, 0.29) is 11.2 Å². The van der Waals surface area contributed by atoms with Crippen LogP contribution in [0.5, 0.6) is 0 Å². The van der Waals surface area contributed by atoms with Gasteiger partial charge in [-0.2, -0.15) is 0 Å². The van der Waals surface area contributed by atoms with Crippen molar-refractivity contribution in [2.75, 3.05) is 32.1 Å². The van der Waals surface area contributed by atoms with Gasteiger partial charge >= 0.3 is 0 Å². The van der Waals surface area contributed by atoms with E-state index in [0.717, 1.165) is 35.2 Å². The lowest BCUT2D eigenvalue weighted by atomic mass is 9.78. The SMILES string of the molecule is CN1CCC(N(C)c2nc3c(s2)C(=O)CC(C)(C)C3)CC1. The van der Waals surface area contributed by atoms with Crippen molar-refractivity contribution in [1.82, 2.24) is 9.88 Å². The summed E-state index contributed by atoms with van der Waals surface area (Å²) in [5.74, 6) is 0.279. The van der Waals surface area contributed by atoms with Crippen molar-refractivity contribution in [3.8, 4) is 0 Å². The Morgan fingerprint density at radius 3 is 2.62 bits per heavy atom. The van der Waals surface area contributed by atoms with Gasteiger partial charge in [-0.25, -0.2) is 4.98 Å². The number of likely N-dealkylation sites (tertiary alicyclic amines) is 1. The second-order valence-electron chi connectivity index (χ2n) is 7.36. The van der Waals surface area contributed by atoms with Gasteiger partial charge in [0.05, 0.1) is 10.6 Å². The molecule has 1 aliphatic carbocycles.